The van der Waals surface area contributed by atoms with Crippen molar-refractivity contribution in [2.75, 3.05) is 24.7 Å². The van der Waals surface area contributed by atoms with Crippen LogP contribution < -0.4 is 9.64 Å². The largest absolute Gasteiger partial charge is 0.491 e. The van der Waals surface area contributed by atoms with Gasteiger partial charge >= 0.3 is 0 Å². The molecule has 0 fully saturated rings. The lowest BCUT2D eigenvalue weighted by Gasteiger charge is -2.22. The van der Waals surface area contributed by atoms with Crippen LogP contribution in [0.2, 0.25) is 0 Å². The van der Waals surface area contributed by atoms with Gasteiger partial charge in [0.25, 0.3) is 5.91 Å². The molecule has 0 spiro atoms. The van der Waals surface area contributed by atoms with E-state index < -0.39 is 0 Å². The third-order valence-electron chi connectivity index (χ3n) is 3.95. The number of carbonyl (C=O) groups excluding carboxylic acids is 1. The summed E-state index contributed by atoms with van der Waals surface area (Å²) < 4.78 is 12.1. The predicted molar refractivity (Wildman–Crippen MR) is 112 cm³/mol. The maximum absolute atomic E-state index is 12.8. The van der Waals surface area contributed by atoms with Crippen molar-refractivity contribution in [2.24, 2.45) is 0 Å². The number of benzene rings is 2. The van der Waals surface area contributed by atoms with Crippen LogP contribution in [0.1, 0.15) is 5.69 Å². The maximum atomic E-state index is 12.8. The molecule has 0 saturated heterocycles. The van der Waals surface area contributed by atoms with Crippen LogP contribution in [0.5, 0.6) is 5.75 Å². The number of carbonyl (C=O) groups is 1. The monoisotopic (exact) mass is 440 g/mol. The van der Waals surface area contributed by atoms with Crippen LogP contribution in [0.25, 0.3) is 0 Å². The molecule has 2 aromatic carbocycles. The number of nitrogens with zero attached hydrogens (tertiary/aromatic N) is 2. The Morgan fingerprint density at radius 1 is 0.929 bits per heavy atom. The van der Waals surface area contributed by atoms with Crippen molar-refractivity contribution in [1.29, 1.82) is 0 Å². The third kappa shape index (κ3) is 6.18. The van der Waals surface area contributed by atoms with Crippen LogP contribution in [0.4, 0.5) is 5.69 Å². The van der Waals surface area contributed by atoms with Crippen molar-refractivity contribution in [1.82, 2.24) is 4.98 Å². The van der Waals surface area contributed by atoms with E-state index in [9.17, 15) is 4.79 Å². The number of amides is 1. The van der Waals surface area contributed by atoms with Crippen LogP contribution in [0.15, 0.2) is 83.5 Å². The van der Waals surface area contributed by atoms with Crippen LogP contribution in [-0.2, 0) is 16.1 Å². The zero-order valence-electron chi connectivity index (χ0n) is 15.3. The molecule has 0 atom stereocenters. The van der Waals surface area contributed by atoms with Crippen molar-refractivity contribution in [2.45, 2.75) is 6.54 Å². The van der Waals surface area contributed by atoms with Gasteiger partial charge in [-0.2, -0.15) is 0 Å². The Kier molecular flexibility index (Phi) is 7.58. The zero-order chi connectivity index (χ0) is 19.6. The van der Waals surface area contributed by atoms with E-state index >= 15 is 0 Å². The van der Waals surface area contributed by atoms with E-state index in [0.29, 0.717) is 19.8 Å². The molecule has 1 aromatic heterocycles. The van der Waals surface area contributed by atoms with E-state index in [4.69, 9.17) is 9.47 Å². The molecule has 1 amide bonds. The highest BCUT2D eigenvalue weighted by molar-refractivity contribution is 9.10. The highest BCUT2D eigenvalue weighted by Gasteiger charge is 2.17. The number of halogens is 1. The number of anilines is 1. The first kappa shape index (κ1) is 20.0. The molecule has 0 aliphatic rings. The fraction of sp³-hybridized carbons (Fsp3) is 0.182. The highest BCUT2D eigenvalue weighted by Crippen LogP contribution is 2.20. The summed E-state index contributed by atoms with van der Waals surface area (Å²) in [6, 6.07) is 22.8. The molecule has 5 nitrogen and oxygen atoms in total. The summed E-state index contributed by atoms with van der Waals surface area (Å²) in [6.45, 7) is 1.07. The van der Waals surface area contributed by atoms with E-state index in [0.717, 1.165) is 21.6 Å². The van der Waals surface area contributed by atoms with Gasteiger partial charge in [-0.3, -0.25) is 9.78 Å². The number of pyridine rings is 1. The molecular formula is C22H21BrN2O3. The first-order valence-corrected chi connectivity index (χ1v) is 9.73. The fourth-order valence-electron chi connectivity index (χ4n) is 2.57. The summed E-state index contributed by atoms with van der Waals surface area (Å²) in [5, 5.41) is 0. The Labute approximate surface area is 173 Å². The minimum absolute atomic E-state index is 0.0267. The molecule has 0 unspecified atom stereocenters. The predicted octanol–water partition coefficient (Wildman–Crippen LogP) is 4.47. The first-order valence-electron chi connectivity index (χ1n) is 8.94. The van der Waals surface area contributed by atoms with Gasteiger partial charge in [0.15, 0.2) is 0 Å². The van der Waals surface area contributed by atoms with E-state index in [1.807, 2.05) is 72.8 Å². The van der Waals surface area contributed by atoms with Crippen molar-refractivity contribution in [3.8, 4) is 5.75 Å². The number of rotatable bonds is 9. The van der Waals surface area contributed by atoms with Crippen LogP contribution in [-0.4, -0.2) is 30.7 Å². The molecule has 0 aliphatic heterocycles. The second kappa shape index (κ2) is 10.6. The van der Waals surface area contributed by atoms with Gasteiger partial charge in [-0.15, -0.1) is 0 Å². The van der Waals surface area contributed by atoms with Crippen molar-refractivity contribution in [3.05, 3.63) is 89.2 Å². The van der Waals surface area contributed by atoms with Gasteiger partial charge in [0.05, 0.1) is 18.8 Å². The lowest BCUT2D eigenvalue weighted by atomic mass is 10.2. The molecule has 3 rings (SSSR count). The Balaban J connectivity index is 1.56. The summed E-state index contributed by atoms with van der Waals surface area (Å²) >= 11 is 3.42. The smallest absolute Gasteiger partial charge is 0.253 e. The van der Waals surface area contributed by atoms with Gasteiger partial charge in [0, 0.05) is 16.4 Å². The van der Waals surface area contributed by atoms with Crippen molar-refractivity contribution >= 4 is 27.5 Å². The van der Waals surface area contributed by atoms with Crippen LogP contribution in [0, 0.1) is 0 Å². The quantitative estimate of drug-likeness (QED) is 0.460. The Morgan fingerprint density at radius 2 is 1.68 bits per heavy atom. The van der Waals surface area contributed by atoms with Gasteiger partial charge in [-0.1, -0.05) is 40.2 Å². The van der Waals surface area contributed by atoms with E-state index in [1.165, 1.54) is 0 Å². The average molecular weight is 441 g/mol. The summed E-state index contributed by atoms with van der Waals surface area (Å²) in [6.07, 6.45) is 1.72. The molecule has 0 bridgehead atoms. The van der Waals surface area contributed by atoms with Gasteiger partial charge in [0.1, 0.15) is 19.0 Å². The Bertz CT molecular complexity index is 858. The standard InChI is InChI=1S/C22H21BrN2O3/c23-18-9-11-20(12-10-18)25(16-19-6-4-5-13-24-19)22(26)17-27-14-15-28-21-7-2-1-3-8-21/h1-13H,14-17H2. The van der Waals surface area contributed by atoms with Gasteiger partial charge in [-0.25, -0.2) is 0 Å². The minimum atomic E-state index is -0.132. The van der Waals surface area contributed by atoms with E-state index in [1.54, 1.807) is 11.1 Å². The number of hydrogen-bond acceptors (Lipinski definition) is 4. The van der Waals surface area contributed by atoms with Gasteiger partial charge < -0.3 is 14.4 Å². The molecule has 1 heterocycles. The van der Waals surface area contributed by atoms with Crippen LogP contribution >= 0.6 is 15.9 Å². The number of hydrogen-bond donors (Lipinski definition) is 0. The maximum Gasteiger partial charge on any atom is 0.253 e. The fourth-order valence-corrected chi connectivity index (χ4v) is 2.84. The normalized spacial score (nSPS) is 10.5. The number of aromatic nitrogens is 1. The summed E-state index contributed by atoms with van der Waals surface area (Å²) in [7, 11) is 0. The molecule has 6 heteroatoms. The van der Waals surface area contributed by atoms with Crippen LogP contribution in [0.3, 0.4) is 0 Å². The summed E-state index contributed by atoms with van der Waals surface area (Å²) in [4.78, 5) is 18.8. The molecule has 3 aromatic rings. The van der Waals surface area contributed by atoms with E-state index in [2.05, 4.69) is 20.9 Å². The molecule has 0 N–H and O–H groups in total. The second-order valence-corrected chi connectivity index (χ2v) is 6.91. The summed E-state index contributed by atoms with van der Waals surface area (Å²) in [5.41, 5.74) is 1.61. The summed E-state index contributed by atoms with van der Waals surface area (Å²) in [5.74, 6) is 0.650. The molecule has 144 valence electrons. The molecule has 0 radical (unpaired) electrons. The topological polar surface area (TPSA) is 51.7 Å². The van der Waals surface area contributed by atoms with E-state index in [-0.39, 0.29) is 12.5 Å². The lowest BCUT2D eigenvalue weighted by Crippen LogP contribution is -2.34. The number of para-hydroxylation sites is 1. The van der Waals surface area contributed by atoms with Crippen molar-refractivity contribution < 1.29 is 14.3 Å². The minimum Gasteiger partial charge on any atom is -0.491 e. The lowest BCUT2D eigenvalue weighted by molar-refractivity contribution is -0.123. The molecule has 0 aliphatic carbocycles. The molecule has 28 heavy (non-hydrogen) atoms. The third-order valence-corrected chi connectivity index (χ3v) is 4.48. The average Bonchev–Trinajstić information content (AvgIpc) is 2.74. The van der Waals surface area contributed by atoms with Crippen molar-refractivity contribution in [3.63, 3.8) is 0 Å². The van der Waals surface area contributed by atoms with Gasteiger partial charge in [-0.05, 0) is 48.5 Å². The number of ether oxygens (including phenoxy) is 2. The second-order valence-electron chi connectivity index (χ2n) is 5.99. The zero-order valence-corrected chi connectivity index (χ0v) is 16.9. The first-order chi connectivity index (χ1) is 13.7. The Hall–Kier alpha value is -2.70. The highest BCUT2D eigenvalue weighted by atomic mass is 79.9. The molecular weight excluding hydrogens is 420 g/mol. The SMILES string of the molecule is O=C(COCCOc1ccccc1)N(Cc1ccccn1)c1ccc(Br)cc1. The van der Waals surface area contributed by atoms with Gasteiger partial charge in [0.2, 0.25) is 0 Å². The Morgan fingerprint density at radius 3 is 2.39 bits per heavy atom. The molecule has 0 saturated carbocycles.